The fraction of sp³-hybridized carbons (Fsp3) is 0.259. The summed E-state index contributed by atoms with van der Waals surface area (Å²) in [6, 6.07) is 11.4. The Morgan fingerprint density at radius 3 is 2.38 bits per heavy atom. The van der Waals surface area contributed by atoms with Crippen LogP contribution in [-0.4, -0.2) is 38.6 Å². The largest absolute Gasteiger partial charge is 0.573 e. The first-order chi connectivity index (χ1) is 20.0. The molecule has 0 saturated carbocycles. The summed E-state index contributed by atoms with van der Waals surface area (Å²) in [5.74, 6) is -2.52. The number of ether oxygens (including phenoxy) is 1. The van der Waals surface area contributed by atoms with Gasteiger partial charge in [0.25, 0.3) is 0 Å². The van der Waals surface area contributed by atoms with Crippen molar-refractivity contribution < 1.29 is 36.3 Å². The number of aromatic nitrogens is 4. The number of hydrogen-bond donors (Lipinski definition) is 2. The van der Waals surface area contributed by atoms with E-state index in [1.165, 1.54) is 23.5 Å². The van der Waals surface area contributed by atoms with Crippen molar-refractivity contribution in [3.05, 3.63) is 88.1 Å². The minimum Gasteiger partial charge on any atom is -0.406 e. The number of nitrogens with zero attached hydrogens (tertiary/aromatic N) is 4. The number of hydrogen-bond acceptors (Lipinski definition) is 8. The first-order valence-electron chi connectivity index (χ1n) is 12.6. The van der Waals surface area contributed by atoms with Crippen LogP contribution in [0, 0.1) is 11.6 Å². The summed E-state index contributed by atoms with van der Waals surface area (Å²) in [5.41, 5.74) is 0.975. The molecule has 2 amide bonds. The quantitative estimate of drug-likeness (QED) is 0.163. The number of alkyl halides is 3. The molecule has 0 aliphatic heterocycles. The predicted octanol–water partition coefficient (Wildman–Crippen LogP) is 5.43. The number of rotatable bonds is 12. The molecule has 2 aromatic carbocycles. The first-order valence-corrected chi connectivity index (χ1v) is 13.4. The molecule has 0 aliphatic carbocycles. The molecule has 0 unspecified atom stereocenters. The minimum atomic E-state index is -4.82. The van der Waals surface area contributed by atoms with Gasteiger partial charge >= 0.3 is 6.36 Å². The lowest BCUT2D eigenvalue weighted by molar-refractivity contribution is -0.274. The molecule has 0 fully saturated rings. The van der Waals surface area contributed by atoms with Gasteiger partial charge in [0, 0.05) is 12.0 Å². The van der Waals surface area contributed by atoms with Crippen molar-refractivity contribution in [3.63, 3.8) is 0 Å². The number of anilines is 2. The highest BCUT2D eigenvalue weighted by atomic mass is 32.1. The van der Waals surface area contributed by atoms with E-state index in [9.17, 15) is 31.5 Å². The van der Waals surface area contributed by atoms with Gasteiger partial charge in [0.05, 0.1) is 18.5 Å². The smallest absolute Gasteiger partial charge is 0.406 e. The molecule has 0 aliphatic rings. The Kier molecular flexibility index (Phi) is 10.1. The van der Waals surface area contributed by atoms with Crippen LogP contribution in [0.5, 0.6) is 5.75 Å². The molecular formula is C27H23F5N6O3S. The van der Waals surface area contributed by atoms with Gasteiger partial charge in [0.1, 0.15) is 22.4 Å². The molecule has 2 N–H and O–H groups in total. The zero-order chi connectivity index (χ0) is 30.1. The second-order valence-electron chi connectivity index (χ2n) is 9.00. The third kappa shape index (κ3) is 9.83. The Morgan fingerprint density at radius 1 is 0.833 bits per heavy atom. The molecule has 0 spiro atoms. The van der Waals surface area contributed by atoms with Crippen LogP contribution in [0.15, 0.2) is 54.6 Å². The van der Waals surface area contributed by atoms with Crippen LogP contribution in [0.25, 0.3) is 0 Å². The van der Waals surface area contributed by atoms with Crippen LogP contribution >= 0.6 is 11.3 Å². The summed E-state index contributed by atoms with van der Waals surface area (Å²) in [6.45, 7) is 0. The maximum absolute atomic E-state index is 13.7. The average Bonchev–Trinajstić information content (AvgIpc) is 3.35. The van der Waals surface area contributed by atoms with Crippen molar-refractivity contribution in [1.29, 1.82) is 0 Å². The highest BCUT2D eigenvalue weighted by Crippen LogP contribution is 2.24. The van der Waals surface area contributed by atoms with Crippen molar-refractivity contribution in [2.45, 2.75) is 44.9 Å². The van der Waals surface area contributed by atoms with E-state index >= 15 is 0 Å². The molecule has 4 aromatic rings. The normalized spacial score (nSPS) is 11.3. The molecule has 220 valence electrons. The van der Waals surface area contributed by atoms with Crippen molar-refractivity contribution in [3.8, 4) is 5.75 Å². The maximum atomic E-state index is 13.7. The van der Waals surface area contributed by atoms with Crippen molar-refractivity contribution in [1.82, 2.24) is 20.4 Å². The van der Waals surface area contributed by atoms with E-state index in [0.29, 0.717) is 29.1 Å². The van der Waals surface area contributed by atoms with E-state index in [1.807, 2.05) is 0 Å². The highest BCUT2D eigenvalue weighted by molar-refractivity contribution is 7.15. The Morgan fingerprint density at radius 2 is 1.62 bits per heavy atom. The second-order valence-corrected chi connectivity index (χ2v) is 10.1. The summed E-state index contributed by atoms with van der Waals surface area (Å²) < 4.78 is 68.1. The maximum Gasteiger partial charge on any atom is 0.573 e. The van der Waals surface area contributed by atoms with Gasteiger partial charge in [-0.15, -0.1) is 28.5 Å². The van der Waals surface area contributed by atoms with Crippen LogP contribution in [-0.2, 0) is 35.3 Å². The molecule has 0 saturated heterocycles. The van der Waals surface area contributed by atoms with Gasteiger partial charge in [-0.05, 0) is 67.3 Å². The summed E-state index contributed by atoms with van der Waals surface area (Å²) >= 11 is 1.19. The standard InChI is InChI=1S/C27H23F5N6O3S/c28-18-8-10-21(29)17(14-18)15-24(40)34-26-38-37-25(42-26)7-2-1-5-19-9-11-22(36-35-19)33-23(39)13-16-4-3-6-20(12-16)41-27(30,31)32/h3-4,6,8-12,14H,1-2,5,7,13,15H2,(H,33,36,39)(H,34,38,40). The minimum absolute atomic E-state index is 0.0557. The number of unbranched alkanes of at least 4 members (excludes halogenated alkanes) is 1. The third-order valence-electron chi connectivity index (χ3n) is 5.63. The zero-order valence-corrected chi connectivity index (χ0v) is 22.6. The van der Waals surface area contributed by atoms with E-state index in [4.69, 9.17) is 0 Å². The molecule has 15 heteroatoms. The van der Waals surface area contributed by atoms with E-state index in [2.05, 4.69) is 35.8 Å². The van der Waals surface area contributed by atoms with E-state index in [1.54, 1.807) is 12.1 Å². The molecule has 2 heterocycles. The Balaban J connectivity index is 1.16. The van der Waals surface area contributed by atoms with Gasteiger partial charge in [-0.25, -0.2) is 8.78 Å². The van der Waals surface area contributed by atoms with Gasteiger partial charge in [-0.2, -0.15) is 5.10 Å². The number of carbonyl (C=O) groups excluding carboxylic acids is 2. The molecule has 0 atom stereocenters. The first kappa shape index (κ1) is 30.4. The summed E-state index contributed by atoms with van der Waals surface area (Å²) in [4.78, 5) is 24.4. The summed E-state index contributed by atoms with van der Waals surface area (Å²) in [6.07, 6.45) is -2.64. The topological polar surface area (TPSA) is 119 Å². The van der Waals surface area contributed by atoms with Gasteiger partial charge in [-0.3, -0.25) is 9.59 Å². The number of amides is 2. The van der Waals surface area contributed by atoms with E-state index < -0.39 is 35.6 Å². The summed E-state index contributed by atoms with van der Waals surface area (Å²) in [5, 5.41) is 22.1. The lowest BCUT2D eigenvalue weighted by Gasteiger charge is -2.10. The molecule has 2 aromatic heterocycles. The third-order valence-corrected chi connectivity index (χ3v) is 6.53. The number of aryl methyl sites for hydroxylation is 2. The summed E-state index contributed by atoms with van der Waals surface area (Å²) in [7, 11) is 0. The van der Waals surface area contributed by atoms with Crippen LogP contribution < -0.4 is 15.4 Å². The van der Waals surface area contributed by atoms with Gasteiger partial charge in [-0.1, -0.05) is 23.5 Å². The Hall–Kier alpha value is -4.53. The van der Waals surface area contributed by atoms with Crippen LogP contribution in [0.3, 0.4) is 0 Å². The molecule has 0 bridgehead atoms. The molecule has 0 radical (unpaired) electrons. The van der Waals surface area contributed by atoms with Crippen LogP contribution in [0.4, 0.5) is 32.9 Å². The number of carbonyl (C=O) groups is 2. The number of halogens is 5. The SMILES string of the molecule is O=C(Cc1cccc(OC(F)(F)F)c1)Nc1ccc(CCCCc2nnc(NC(=O)Cc3cc(F)ccc3F)s2)nn1. The van der Waals surface area contributed by atoms with E-state index in [-0.39, 0.29) is 29.4 Å². The van der Waals surface area contributed by atoms with Gasteiger partial charge in [0.2, 0.25) is 16.9 Å². The Bertz CT molecular complexity index is 1530. The average molecular weight is 607 g/mol. The molecular weight excluding hydrogens is 583 g/mol. The fourth-order valence-electron chi connectivity index (χ4n) is 3.79. The monoisotopic (exact) mass is 606 g/mol. The zero-order valence-electron chi connectivity index (χ0n) is 21.8. The number of benzene rings is 2. The van der Waals surface area contributed by atoms with Crippen molar-refractivity contribution in [2.75, 3.05) is 10.6 Å². The Labute approximate surface area is 240 Å². The van der Waals surface area contributed by atoms with Crippen LogP contribution in [0.2, 0.25) is 0 Å². The lowest BCUT2D eigenvalue weighted by Crippen LogP contribution is -2.18. The molecule has 42 heavy (non-hydrogen) atoms. The number of nitrogens with one attached hydrogen (secondary N) is 2. The van der Waals surface area contributed by atoms with Crippen LogP contribution in [0.1, 0.15) is 34.7 Å². The molecule has 4 rings (SSSR count). The van der Waals surface area contributed by atoms with Gasteiger partial charge in [0.15, 0.2) is 5.82 Å². The predicted molar refractivity (Wildman–Crippen MR) is 143 cm³/mol. The molecule has 9 nitrogen and oxygen atoms in total. The second kappa shape index (κ2) is 13.9. The fourth-order valence-corrected chi connectivity index (χ4v) is 4.59. The highest BCUT2D eigenvalue weighted by Gasteiger charge is 2.31. The van der Waals surface area contributed by atoms with Gasteiger partial charge < -0.3 is 15.4 Å². The van der Waals surface area contributed by atoms with E-state index in [0.717, 1.165) is 43.2 Å². The lowest BCUT2D eigenvalue weighted by atomic mass is 10.1. The van der Waals surface area contributed by atoms with Crippen molar-refractivity contribution in [2.24, 2.45) is 0 Å². The van der Waals surface area contributed by atoms with Crippen molar-refractivity contribution >= 4 is 34.1 Å².